The number of amides is 1. The highest BCUT2D eigenvalue weighted by Gasteiger charge is 2.39. The molecule has 23 heavy (non-hydrogen) atoms. The first-order valence-corrected chi connectivity index (χ1v) is 7.73. The monoisotopic (exact) mass is 325 g/mol. The number of carbonyl (C=O) groups excluding carboxylic acids is 1. The van der Waals surface area contributed by atoms with Crippen LogP contribution in [-0.2, 0) is 11.0 Å². The fraction of sp³-hybridized carbons (Fsp3) is 0.500. The lowest BCUT2D eigenvalue weighted by Crippen LogP contribution is -2.21. The van der Waals surface area contributed by atoms with Gasteiger partial charge in [-0.1, -0.05) is 19.3 Å². The first-order chi connectivity index (χ1) is 10.9. The molecule has 3 rings (SSSR count). The van der Waals surface area contributed by atoms with E-state index < -0.39 is 12.0 Å². The third-order valence-corrected chi connectivity index (χ3v) is 4.20. The average molecular weight is 325 g/mol. The van der Waals surface area contributed by atoms with Gasteiger partial charge in [0.2, 0.25) is 11.7 Å². The number of nitrogens with zero attached hydrogens (tertiary/aromatic N) is 2. The Morgan fingerprint density at radius 1 is 1.26 bits per heavy atom. The molecule has 1 N–H and O–H groups in total. The summed E-state index contributed by atoms with van der Waals surface area (Å²) in [5.74, 6) is -1.12. The number of alkyl halides is 3. The molecule has 1 fully saturated rings. The Hall–Kier alpha value is -2.05. The lowest BCUT2D eigenvalue weighted by Gasteiger charge is -2.26. The van der Waals surface area contributed by atoms with E-state index in [0.717, 1.165) is 32.1 Å². The van der Waals surface area contributed by atoms with Gasteiger partial charge in [-0.25, -0.2) is 4.98 Å². The van der Waals surface area contributed by atoms with Gasteiger partial charge in [0.1, 0.15) is 0 Å². The molecule has 4 nitrogen and oxygen atoms in total. The van der Waals surface area contributed by atoms with Gasteiger partial charge in [0.05, 0.1) is 11.0 Å². The van der Waals surface area contributed by atoms with Crippen LogP contribution < -0.4 is 5.32 Å². The van der Waals surface area contributed by atoms with E-state index in [-0.39, 0.29) is 17.5 Å². The molecule has 0 spiro atoms. The van der Waals surface area contributed by atoms with Crippen molar-refractivity contribution in [3.8, 4) is 0 Å². The highest BCUT2D eigenvalue weighted by Crippen LogP contribution is 2.38. The number of fused-ring (bicyclic) bond motifs is 1. The second-order valence-corrected chi connectivity index (χ2v) is 5.98. The van der Waals surface area contributed by atoms with Gasteiger partial charge in [-0.15, -0.1) is 0 Å². The number of benzene rings is 1. The Morgan fingerprint density at radius 3 is 2.57 bits per heavy atom. The van der Waals surface area contributed by atoms with Crippen molar-refractivity contribution in [1.29, 1.82) is 0 Å². The highest BCUT2D eigenvalue weighted by molar-refractivity contribution is 5.91. The van der Waals surface area contributed by atoms with Gasteiger partial charge < -0.3 is 9.88 Å². The number of hydrogen-bond acceptors (Lipinski definition) is 2. The van der Waals surface area contributed by atoms with Crippen molar-refractivity contribution < 1.29 is 18.0 Å². The van der Waals surface area contributed by atoms with E-state index in [4.69, 9.17) is 0 Å². The van der Waals surface area contributed by atoms with Crippen LogP contribution in [0.3, 0.4) is 0 Å². The summed E-state index contributed by atoms with van der Waals surface area (Å²) in [6.45, 7) is 1.35. The van der Waals surface area contributed by atoms with Crippen molar-refractivity contribution in [2.24, 2.45) is 0 Å². The molecule has 0 aliphatic heterocycles. The highest BCUT2D eigenvalue weighted by atomic mass is 19.4. The molecule has 0 atom stereocenters. The summed E-state index contributed by atoms with van der Waals surface area (Å²) in [6, 6.07) is 4.55. The van der Waals surface area contributed by atoms with Crippen molar-refractivity contribution in [3.63, 3.8) is 0 Å². The van der Waals surface area contributed by atoms with Gasteiger partial charge in [-0.2, -0.15) is 13.2 Å². The Balaban J connectivity index is 2.12. The minimum absolute atomic E-state index is 0.169. The van der Waals surface area contributed by atoms with E-state index in [2.05, 4.69) is 10.3 Å². The van der Waals surface area contributed by atoms with Gasteiger partial charge in [0, 0.05) is 18.7 Å². The largest absolute Gasteiger partial charge is 0.449 e. The number of carbonyl (C=O) groups is 1. The predicted molar refractivity (Wildman–Crippen MR) is 81.2 cm³/mol. The molecule has 1 aromatic carbocycles. The molecule has 2 aromatic rings. The molecule has 0 radical (unpaired) electrons. The third kappa shape index (κ3) is 3.18. The lowest BCUT2D eigenvalue weighted by atomic mass is 9.95. The van der Waals surface area contributed by atoms with Gasteiger partial charge in [0.25, 0.3) is 0 Å². The van der Waals surface area contributed by atoms with Crippen LogP contribution in [0.1, 0.15) is 50.9 Å². The first-order valence-electron chi connectivity index (χ1n) is 7.73. The van der Waals surface area contributed by atoms with E-state index in [1.807, 2.05) is 0 Å². The Labute approximate surface area is 131 Å². The SMILES string of the molecule is CC(=O)Nc1ccc2c(c1)nc(C(F)(F)F)n2C1CCCCC1. The van der Waals surface area contributed by atoms with Crippen molar-refractivity contribution in [3.05, 3.63) is 24.0 Å². The topological polar surface area (TPSA) is 46.9 Å². The van der Waals surface area contributed by atoms with Crippen LogP contribution in [-0.4, -0.2) is 15.5 Å². The molecular formula is C16H18F3N3O. The smallest absolute Gasteiger partial charge is 0.326 e. The normalized spacial score (nSPS) is 16.7. The van der Waals surface area contributed by atoms with Crippen molar-refractivity contribution in [2.45, 2.75) is 51.2 Å². The number of halogens is 3. The van der Waals surface area contributed by atoms with E-state index in [1.165, 1.54) is 17.6 Å². The summed E-state index contributed by atoms with van der Waals surface area (Å²) in [5, 5.41) is 2.57. The average Bonchev–Trinajstić information content (AvgIpc) is 2.86. The Bertz CT molecular complexity index is 730. The Kier molecular flexibility index (Phi) is 4.04. The molecule has 7 heteroatoms. The molecule has 0 bridgehead atoms. The number of anilines is 1. The van der Waals surface area contributed by atoms with Crippen LogP contribution in [0.5, 0.6) is 0 Å². The van der Waals surface area contributed by atoms with Gasteiger partial charge in [-0.3, -0.25) is 4.79 Å². The maximum Gasteiger partial charge on any atom is 0.449 e. The number of imidazole rings is 1. The first kappa shape index (κ1) is 15.8. The second kappa shape index (κ2) is 5.86. The Morgan fingerprint density at radius 2 is 1.96 bits per heavy atom. The van der Waals surface area contributed by atoms with Gasteiger partial charge in [-0.05, 0) is 31.0 Å². The molecule has 0 unspecified atom stereocenters. The van der Waals surface area contributed by atoms with E-state index in [1.54, 1.807) is 12.1 Å². The zero-order valence-corrected chi connectivity index (χ0v) is 12.8. The maximum absolute atomic E-state index is 13.4. The molecule has 1 amide bonds. The molecule has 1 aliphatic carbocycles. The van der Waals surface area contributed by atoms with Crippen LogP contribution in [0.15, 0.2) is 18.2 Å². The number of hydrogen-bond donors (Lipinski definition) is 1. The third-order valence-electron chi connectivity index (χ3n) is 4.20. The number of aromatic nitrogens is 2. The maximum atomic E-state index is 13.4. The van der Waals surface area contributed by atoms with Crippen molar-refractivity contribution >= 4 is 22.6 Å². The zero-order valence-electron chi connectivity index (χ0n) is 12.8. The molecular weight excluding hydrogens is 307 g/mol. The van der Waals surface area contributed by atoms with Crippen LogP contribution in [0, 0.1) is 0 Å². The fourth-order valence-electron chi connectivity index (χ4n) is 3.29. The molecule has 124 valence electrons. The van der Waals surface area contributed by atoms with Crippen LogP contribution in [0.4, 0.5) is 18.9 Å². The quantitative estimate of drug-likeness (QED) is 0.882. The van der Waals surface area contributed by atoms with E-state index in [0.29, 0.717) is 11.2 Å². The minimum Gasteiger partial charge on any atom is -0.326 e. The summed E-state index contributed by atoms with van der Waals surface area (Å²) in [4.78, 5) is 14.9. The summed E-state index contributed by atoms with van der Waals surface area (Å²) in [7, 11) is 0. The standard InChI is InChI=1S/C16H18F3N3O/c1-10(23)20-11-7-8-14-13(9-11)21-15(16(17,18)19)22(14)12-5-3-2-4-6-12/h7-9,12H,2-6H2,1H3,(H,20,23). The van der Waals surface area contributed by atoms with Crippen molar-refractivity contribution in [1.82, 2.24) is 9.55 Å². The summed E-state index contributed by atoms with van der Waals surface area (Å²) < 4.78 is 41.5. The van der Waals surface area contributed by atoms with Gasteiger partial charge >= 0.3 is 6.18 Å². The predicted octanol–water partition coefficient (Wildman–Crippen LogP) is 4.52. The summed E-state index contributed by atoms with van der Waals surface area (Å²) >= 11 is 0. The van der Waals surface area contributed by atoms with E-state index >= 15 is 0 Å². The number of rotatable bonds is 2. The lowest BCUT2D eigenvalue weighted by molar-refractivity contribution is -0.147. The molecule has 0 saturated heterocycles. The zero-order chi connectivity index (χ0) is 16.6. The summed E-state index contributed by atoms with van der Waals surface area (Å²) in [5.41, 5.74) is 1.18. The van der Waals surface area contributed by atoms with Gasteiger partial charge in [0.15, 0.2) is 0 Å². The van der Waals surface area contributed by atoms with Crippen molar-refractivity contribution in [2.75, 3.05) is 5.32 Å². The molecule has 1 heterocycles. The molecule has 1 aliphatic rings. The summed E-state index contributed by atoms with van der Waals surface area (Å²) in [6.07, 6.45) is -0.0804. The number of nitrogens with one attached hydrogen (secondary N) is 1. The molecule has 1 aromatic heterocycles. The van der Waals surface area contributed by atoms with Crippen LogP contribution in [0.25, 0.3) is 11.0 Å². The minimum atomic E-state index is -4.50. The molecule has 1 saturated carbocycles. The second-order valence-electron chi connectivity index (χ2n) is 5.98. The van der Waals surface area contributed by atoms with Crippen LogP contribution in [0.2, 0.25) is 0 Å². The van der Waals surface area contributed by atoms with Crippen LogP contribution >= 0.6 is 0 Å². The fourth-order valence-corrected chi connectivity index (χ4v) is 3.29. The van der Waals surface area contributed by atoms with E-state index in [9.17, 15) is 18.0 Å².